The third kappa shape index (κ3) is 5.80. The molecule has 6 aromatic carbocycles. The first-order valence-electron chi connectivity index (χ1n) is 15.5. The molecule has 2 heteroatoms. The molecule has 0 amide bonds. The fourth-order valence-electron chi connectivity index (χ4n) is 5.89. The van der Waals surface area contributed by atoms with Gasteiger partial charge in [0.1, 0.15) is 0 Å². The Balaban J connectivity index is 0.920. The van der Waals surface area contributed by atoms with Gasteiger partial charge in [-0.15, -0.1) is 22.7 Å². The number of rotatable bonds is 4. The number of hydrogen-bond acceptors (Lipinski definition) is 2. The van der Waals surface area contributed by atoms with Crippen LogP contribution in [0.25, 0.3) is 64.6 Å². The number of fused-ring (bicyclic) bond motifs is 6. The van der Waals surface area contributed by atoms with Gasteiger partial charge in [-0.25, -0.2) is 0 Å². The number of thiophene rings is 2. The van der Waals surface area contributed by atoms with E-state index in [1.165, 1.54) is 62.6 Å². The number of aryl methyl sites for hydroxylation is 2. The van der Waals surface area contributed by atoms with Crippen molar-refractivity contribution in [2.75, 3.05) is 0 Å². The molecule has 0 atom stereocenters. The van der Waals surface area contributed by atoms with E-state index in [0.29, 0.717) is 0 Å². The Labute approximate surface area is 277 Å². The van der Waals surface area contributed by atoms with Crippen LogP contribution in [0, 0.1) is 25.7 Å². The fraction of sp³-hybridized carbons (Fsp3) is 0.0455. The van der Waals surface area contributed by atoms with Crippen LogP contribution in [0.2, 0.25) is 0 Å². The van der Waals surface area contributed by atoms with Gasteiger partial charge in [-0.1, -0.05) is 109 Å². The molecule has 0 N–H and O–H groups in total. The predicted molar refractivity (Wildman–Crippen MR) is 205 cm³/mol. The first-order chi connectivity index (χ1) is 22.5. The Hall–Kier alpha value is -5.20. The second-order valence-corrected chi connectivity index (χ2v) is 14.0. The molecule has 0 aliphatic carbocycles. The average molecular weight is 623 g/mol. The van der Waals surface area contributed by atoms with Crippen molar-refractivity contribution in [1.29, 1.82) is 0 Å². The fourth-order valence-corrected chi connectivity index (χ4v) is 8.40. The summed E-state index contributed by atoms with van der Waals surface area (Å²) in [6.07, 6.45) is 8.72. The van der Waals surface area contributed by atoms with Crippen LogP contribution >= 0.6 is 22.7 Å². The zero-order chi connectivity index (χ0) is 31.0. The molecule has 8 aromatic rings. The van der Waals surface area contributed by atoms with Crippen molar-refractivity contribution >= 4 is 87.3 Å². The molecule has 0 spiro atoms. The van der Waals surface area contributed by atoms with E-state index < -0.39 is 0 Å². The maximum Gasteiger partial charge on any atom is 0.0361 e. The summed E-state index contributed by atoms with van der Waals surface area (Å²) in [4.78, 5) is 0. The van der Waals surface area contributed by atoms with Crippen LogP contribution < -0.4 is 0 Å². The number of benzene rings is 6. The lowest BCUT2D eigenvalue weighted by atomic mass is 10.1. The highest BCUT2D eigenvalue weighted by Gasteiger charge is 2.06. The van der Waals surface area contributed by atoms with E-state index in [4.69, 9.17) is 0 Å². The molecule has 0 bridgehead atoms. The van der Waals surface area contributed by atoms with Gasteiger partial charge in [0.2, 0.25) is 0 Å². The quantitative estimate of drug-likeness (QED) is 0.135. The summed E-state index contributed by atoms with van der Waals surface area (Å²) >= 11 is 3.74. The third-order valence-electron chi connectivity index (χ3n) is 8.41. The van der Waals surface area contributed by atoms with Gasteiger partial charge in [-0.05, 0) is 95.8 Å². The molecule has 0 aliphatic heterocycles. The second-order valence-electron chi connectivity index (χ2n) is 11.9. The van der Waals surface area contributed by atoms with Gasteiger partial charge >= 0.3 is 0 Å². The summed E-state index contributed by atoms with van der Waals surface area (Å²) in [6.45, 7) is 4.31. The summed E-state index contributed by atoms with van der Waals surface area (Å²) in [5, 5.41) is 5.36. The van der Waals surface area contributed by atoms with Crippen molar-refractivity contribution < 1.29 is 0 Å². The maximum atomic E-state index is 3.32. The Morgan fingerprint density at radius 2 is 0.696 bits per heavy atom. The third-order valence-corrected chi connectivity index (χ3v) is 10.6. The Kier molecular flexibility index (Phi) is 7.35. The Morgan fingerprint density at radius 3 is 1.11 bits per heavy atom. The molecule has 0 aliphatic rings. The van der Waals surface area contributed by atoms with E-state index in [1.807, 2.05) is 22.7 Å². The van der Waals surface area contributed by atoms with E-state index >= 15 is 0 Å². The van der Waals surface area contributed by atoms with E-state index in [0.717, 1.165) is 22.3 Å². The Bertz CT molecular complexity index is 2350. The highest BCUT2D eigenvalue weighted by Crippen LogP contribution is 2.36. The van der Waals surface area contributed by atoms with Crippen LogP contribution in [0.4, 0.5) is 0 Å². The molecular weight excluding hydrogens is 593 g/mol. The van der Waals surface area contributed by atoms with Crippen LogP contribution in [0.3, 0.4) is 0 Å². The first kappa shape index (κ1) is 28.3. The van der Waals surface area contributed by atoms with E-state index in [1.54, 1.807) is 0 Å². The zero-order valence-electron chi connectivity index (χ0n) is 25.7. The molecule has 46 heavy (non-hydrogen) atoms. The highest BCUT2D eigenvalue weighted by atomic mass is 32.1. The molecule has 0 saturated heterocycles. The highest BCUT2D eigenvalue weighted by molar-refractivity contribution is 7.26. The molecule has 2 heterocycles. The second kappa shape index (κ2) is 12.0. The largest absolute Gasteiger partial charge is 0.135 e. The molecule has 0 saturated carbocycles. The van der Waals surface area contributed by atoms with Gasteiger partial charge < -0.3 is 0 Å². The van der Waals surface area contributed by atoms with Crippen molar-refractivity contribution in [3.8, 4) is 11.8 Å². The monoisotopic (exact) mass is 622 g/mol. The SMILES string of the molecule is Cc1ccc2c(c1)sc1cc(C=Cc3ccc(C#Cc4ccc(C=Cc5ccc6c(c5)sc5cc(C)ccc56)cc4)cc3)ccc12. The minimum Gasteiger partial charge on any atom is -0.135 e. The summed E-state index contributed by atoms with van der Waals surface area (Å²) in [6, 6.07) is 43.8. The zero-order valence-corrected chi connectivity index (χ0v) is 27.3. The van der Waals surface area contributed by atoms with Crippen molar-refractivity contribution in [3.63, 3.8) is 0 Å². The van der Waals surface area contributed by atoms with E-state index in [9.17, 15) is 0 Å². The van der Waals surface area contributed by atoms with Crippen molar-refractivity contribution in [2.45, 2.75) is 13.8 Å². The molecule has 2 aromatic heterocycles. The molecule has 0 radical (unpaired) electrons. The maximum absolute atomic E-state index is 3.32. The minimum atomic E-state index is 1.01. The van der Waals surface area contributed by atoms with Gasteiger partial charge in [0.25, 0.3) is 0 Å². The van der Waals surface area contributed by atoms with Gasteiger partial charge in [0.05, 0.1) is 0 Å². The number of hydrogen-bond donors (Lipinski definition) is 0. The lowest BCUT2D eigenvalue weighted by Gasteiger charge is -1.98. The van der Waals surface area contributed by atoms with E-state index in [2.05, 4.69) is 171 Å². The van der Waals surface area contributed by atoms with Crippen molar-refractivity contribution in [1.82, 2.24) is 0 Å². The summed E-state index contributed by atoms with van der Waals surface area (Å²) in [5.74, 6) is 6.64. The molecule has 0 nitrogen and oxygen atoms in total. The van der Waals surface area contributed by atoms with Crippen LogP contribution in [0.5, 0.6) is 0 Å². The van der Waals surface area contributed by atoms with Gasteiger partial charge in [0, 0.05) is 51.5 Å². The lowest BCUT2D eigenvalue weighted by molar-refractivity contribution is 1.52. The summed E-state index contributed by atoms with van der Waals surface area (Å²) in [5.41, 5.74) is 9.38. The summed E-state index contributed by atoms with van der Waals surface area (Å²) in [7, 11) is 0. The molecular formula is C44H30S2. The normalized spacial score (nSPS) is 11.8. The van der Waals surface area contributed by atoms with Gasteiger partial charge in [-0.3, -0.25) is 0 Å². The predicted octanol–water partition coefficient (Wildman–Crippen LogP) is 12.8. The smallest absolute Gasteiger partial charge is 0.0361 e. The first-order valence-corrected chi connectivity index (χ1v) is 17.1. The van der Waals surface area contributed by atoms with E-state index in [-0.39, 0.29) is 0 Å². The molecule has 0 unspecified atom stereocenters. The average Bonchev–Trinajstić information content (AvgIpc) is 3.62. The van der Waals surface area contributed by atoms with Crippen LogP contribution in [-0.2, 0) is 0 Å². The van der Waals surface area contributed by atoms with Gasteiger partial charge in [-0.2, -0.15) is 0 Å². The van der Waals surface area contributed by atoms with Crippen molar-refractivity contribution in [3.05, 3.63) is 166 Å². The van der Waals surface area contributed by atoms with Crippen LogP contribution in [-0.4, -0.2) is 0 Å². The lowest BCUT2D eigenvalue weighted by Crippen LogP contribution is -1.79. The molecule has 0 fully saturated rings. The topological polar surface area (TPSA) is 0 Å². The summed E-state index contributed by atoms with van der Waals surface area (Å²) < 4.78 is 5.37. The molecule has 8 rings (SSSR count). The van der Waals surface area contributed by atoms with Gasteiger partial charge in [0.15, 0.2) is 0 Å². The molecule has 218 valence electrons. The van der Waals surface area contributed by atoms with Crippen LogP contribution in [0.1, 0.15) is 44.5 Å². The minimum absolute atomic E-state index is 1.01. The standard InChI is InChI=1S/C44H30S2/c1-29-3-21-37-39-23-19-35(27-43(39)45-41(37)25-29)17-15-33-11-7-31(8-12-33)5-6-32-9-13-34(14-10-32)16-18-36-20-24-40-38-22-4-30(2)26-42(38)46-44(40)28-36/h3-4,7-28H,1-2H3. The van der Waals surface area contributed by atoms with Crippen molar-refractivity contribution in [2.24, 2.45) is 0 Å². The Morgan fingerprint density at radius 1 is 0.370 bits per heavy atom. The van der Waals surface area contributed by atoms with Crippen LogP contribution in [0.15, 0.2) is 121 Å².